The van der Waals surface area contributed by atoms with Crippen molar-refractivity contribution in [2.24, 2.45) is 4.99 Å². The van der Waals surface area contributed by atoms with Crippen LogP contribution in [0.2, 0.25) is 0 Å². The normalized spacial score (nSPS) is 18.4. The van der Waals surface area contributed by atoms with Gasteiger partial charge in [-0.3, -0.25) is 4.99 Å². The minimum absolute atomic E-state index is 0.0790. The Bertz CT molecular complexity index is 756. The zero-order valence-electron chi connectivity index (χ0n) is 16.0. The number of guanidine groups is 1. The van der Waals surface area contributed by atoms with Crippen molar-refractivity contribution in [1.82, 2.24) is 15.2 Å². The lowest BCUT2D eigenvalue weighted by Gasteiger charge is -2.35. The number of hydrogen-bond donors (Lipinski definition) is 1. The van der Waals surface area contributed by atoms with Gasteiger partial charge in [0.1, 0.15) is 6.10 Å². The summed E-state index contributed by atoms with van der Waals surface area (Å²) in [6.07, 6.45) is 0.0790. The predicted molar refractivity (Wildman–Crippen MR) is 108 cm³/mol. The topological polar surface area (TPSA) is 49.8 Å². The highest BCUT2D eigenvalue weighted by Crippen LogP contribution is 2.25. The number of nitrogens with one attached hydrogen (secondary N) is 1. The second kappa shape index (κ2) is 8.64. The van der Waals surface area contributed by atoms with E-state index in [1.54, 1.807) is 11.3 Å². The van der Waals surface area contributed by atoms with Gasteiger partial charge in [0.15, 0.2) is 5.96 Å². The Balaban J connectivity index is 1.63. The fourth-order valence-electron chi connectivity index (χ4n) is 3.15. The van der Waals surface area contributed by atoms with Crippen molar-refractivity contribution in [3.05, 3.63) is 51.5 Å². The maximum absolute atomic E-state index is 6.03. The number of rotatable bonds is 4. The summed E-state index contributed by atoms with van der Waals surface area (Å²) in [5.41, 5.74) is 3.60. The highest BCUT2D eigenvalue weighted by Gasteiger charge is 2.25. The Kier molecular flexibility index (Phi) is 6.27. The number of aromatic nitrogens is 1. The van der Waals surface area contributed by atoms with Gasteiger partial charge in [0.2, 0.25) is 0 Å². The highest BCUT2D eigenvalue weighted by molar-refractivity contribution is 7.09. The van der Waals surface area contributed by atoms with E-state index in [9.17, 15) is 0 Å². The second-order valence-electron chi connectivity index (χ2n) is 6.89. The molecule has 1 fully saturated rings. The third-order valence-electron chi connectivity index (χ3n) is 4.60. The first-order valence-electron chi connectivity index (χ1n) is 9.15. The molecular formula is C20H28N4OS. The smallest absolute Gasteiger partial charge is 0.194 e. The van der Waals surface area contributed by atoms with E-state index in [1.165, 1.54) is 16.1 Å². The number of morpholine rings is 1. The van der Waals surface area contributed by atoms with Crippen molar-refractivity contribution in [2.45, 2.75) is 39.3 Å². The standard InChI is InChI=1S/C20H28N4OS/c1-14(2)19-23-16(13-26-19)11-22-20(21-4)24-9-10-25-18(12-24)17-8-6-5-7-15(17)3/h5-8,13-14,18H,9-12H2,1-4H3,(H,21,22). The molecule has 3 rings (SSSR count). The molecule has 0 spiro atoms. The Hall–Kier alpha value is -1.92. The van der Waals surface area contributed by atoms with Gasteiger partial charge in [-0.05, 0) is 18.1 Å². The molecule has 1 aliphatic rings. The van der Waals surface area contributed by atoms with Crippen LogP contribution in [-0.4, -0.2) is 42.6 Å². The van der Waals surface area contributed by atoms with Crippen LogP contribution < -0.4 is 5.32 Å². The number of thiazole rings is 1. The van der Waals surface area contributed by atoms with Crippen molar-refractivity contribution >= 4 is 17.3 Å². The van der Waals surface area contributed by atoms with Crippen molar-refractivity contribution in [3.63, 3.8) is 0 Å². The van der Waals surface area contributed by atoms with E-state index in [1.807, 2.05) is 7.05 Å². The summed E-state index contributed by atoms with van der Waals surface area (Å²) in [6.45, 7) is 9.54. The van der Waals surface area contributed by atoms with Crippen molar-refractivity contribution in [2.75, 3.05) is 26.7 Å². The van der Waals surface area contributed by atoms with Crippen LogP contribution in [0.25, 0.3) is 0 Å². The quantitative estimate of drug-likeness (QED) is 0.656. The van der Waals surface area contributed by atoms with Crippen LogP contribution in [0.5, 0.6) is 0 Å². The molecule has 0 radical (unpaired) electrons. The summed E-state index contributed by atoms with van der Waals surface area (Å²) < 4.78 is 6.03. The number of aryl methyl sites for hydroxylation is 1. The van der Waals surface area contributed by atoms with Gasteiger partial charge >= 0.3 is 0 Å². The van der Waals surface area contributed by atoms with Crippen molar-refractivity contribution in [3.8, 4) is 0 Å². The molecule has 1 unspecified atom stereocenters. The van der Waals surface area contributed by atoms with E-state index in [0.717, 1.165) is 24.7 Å². The van der Waals surface area contributed by atoms with E-state index in [0.29, 0.717) is 19.1 Å². The van der Waals surface area contributed by atoms with Crippen LogP contribution in [0.3, 0.4) is 0 Å². The zero-order chi connectivity index (χ0) is 18.5. The van der Waals surface area contributed by atoms with Gasteiger partial charge < -0.3 is 15.0 Å². The van der Waals surface area contributed by atoms with E-state index in [-0.39, 0.29) is 6.10 Å². The number of ether oxygens (including phenoxy) is 1. The van der Waals surface area contributed by atoms with Crippen LogP contribution in [0.1, 0.15) is 47.7 Å². The molecule has 1 aromatic carbocycles. The lowest BCUT2D eigenvalue weighted by Crippen LogP contribution is -2.48. The van der Waals surface area contributed by atoms with Crippen LogP contribution in [0, 0.1) is 6.92 Å². The van der Waals surface area contributed by atoms with Crippen LogP contribution in [-0.2, 0) is 11.3 Å². The fraction of sp³-hybridized carbons (Fsp3) is 0.500. The fourth-order valence-corrected chi connectivity index (χ4v) is 3.98. The summed E-state index contributed by atoms with van der Waals surface area (Å²) in [5.74, 6) is 1.38. The lowest BCUT2D eigenvalue weighted by molar-refractivity contribution is -0.00834. The monoisotopic (exact) mass is 372 g/mol. The number of nitrogens with zero attached hydrogens (tertiary/aromatic N) is 3. The Morgan fingerprint density at radius 1 is 1.42 bits per heavy atom. The molecule has 1 N–H and O–H groups in total. The first kappa shape index (κ1) is 18.9. The van der Waals surface area contributed by atoms with Crippen LogP contribution in [0.4, 0.5) is 0 Å². The number of hydrogen-bond acceptors (Lipinski definition) is 4. The first-order chi connectivity index (χ1) is 12.6. The molecule has 0 amide bonds. The highest BCUT2D eigenvalue weighted by atomic mass is 32.1. The molecule has 6 heteroatoms. The maximum atomic E-state index is 6.03. The summed E-state index contributed by atoms with van der Waals surface area (Å²) in [4.78, 5) is 11.4. The largest absolute Gasteiger partial charge is 0.370 e. The molecule has 1 aliphatic heterocycles. The predicted octanol–water partition coefficient (Wildman–Crippen LogP) is 3.72. The van der Waals surface area contributed by atoms with E-state index >= 15 is 0 Å². The third kappa shape index (κ3) is 4.43. The summed E-state index contributed by atoms with van der Waals surface area (Å²) in [6, 6.07) is 8.44. The zero-order valence-corrected chi connectivity index (χ0v) is 16.8. The van der Waals surface area contributed by atoms with E-state index < -0.39 is 0 Å². The second-order valence-corrected chi connectivity index (χ2v) is 7.78. The molecule has 26 heavy (non-hydrogen) atoms. The first-order valence-corrected chi connectivity index (χ1v) is 10.0. The van der Waals surface area contributed by atoms with E-state index in [2.05, 4.69) is 65.6 Å². The molecule has 0 saturated carbocycles. The van der Waals surface area contributed by atoms with Gasteiger partial charge in [-0.1, -0.05) is 38.1 Å². The third-order valence-corrected chi connectivity index (χ3v) is 5.80. The molecule has 2 heterocycles. The summed E-state index contributed by atoms with van der Waals surface area (Å²) in [7, 11) is 1.83. The molecule has 140 valence electrons. The average molecular weight is 373 g/mol. The van der Waals surface area contributed by atoms with Crippen LogP contribution >= 0.6 is 11.3 Å². The SMILES string of the molecule is CN=C(NCc1csc(C(C)C)n1)N1CCOC(c2ccccc2C)C1. The molecule has 0 aliphatic carbocycles. The summed E-state index contributed by atoms with van der Waals surface area (Å²) in [5, 5.41) is 6.77. The van der Waals surface area contributed by atoms with Crippen molar-refractivity contribution < 1.29 is 4.74 Å². The van der Waals surface area contributed by atoms with Gasteiger partial charge in [0, 0.05) is 24.9 Å². The maximum Gasteiger partial charge on any atom is 0.194 e. The number of aliphatic imine (C=N–C) groups is 1. The minimum Gasteiger partial charge on any atom is -0.370 e. The lowest BCUT2D eigenvalue weighted by atomic mass is 10.0. The van der Waals surface area contributed by atoms with Crippen LogP contribution in [0.15, 0.2) is 34.6 Å². The Morgan fingerprint density at radius 2 is 2.23 bits per heavy atom. The van der Waals surface area contributed by atoms with Gasteiger partial charge in [-0.15, -0.1) is 11.3 Å². The molecular weight excluding hydrogens is 344 g/mol. The van der Waals surface area contributed by atoms with Crippen molar-refractivity contribution in [1.29, 1.82) is 0 Å². The summed E-state index contributed by atoms with van der Waals surface area (Å²) >= 11 is 1.73. The number of benzene rings is 1. The van der Waals surface area contributed by atoms with Gasteiger partial charge in [0.05, 0.1) is 30.4 Å². The average Bonchev–Trinajstić information content (AvgIpc) is 3.12. The van der Waals surface area contributed by atoms with Gasteiger partial charge in [-0.25, -0.2) is 4.98 Å². The Labute approximate surface area is 160 Å². The minimum atomic E-state index is 0.0790. The van der Waals surface area contributed by atoms with Gasteiger partial charge in [-0.2, -0.15) is 0 Å². The Morgan fingerprint density at radius 3 is 2.92 bits per heavy atom. The molecule has 2 aromatic rings. The van der Waals surface area contributed by atoms with Gasteiger partial charge in [0.25, 0.3) is 0 Å². The van der Waals surface area contributed by atoms with E-state index in [4.69, 9.17) is 9.72 Å². The molecule has 1 aromatic heterocycles. The molecule has 1 atom stereocenters. The molecule has 5 nitrogen and oxygen atoms in total. The molecule has 1 saturated heterocycles. The molecule has 0 bridgehead atoms.